The second-order valence-corrected chi connectivity index (χ2v) is 5.73. The van der Waals surface area contributed by atoms with Gasteiger partial charge in [0.1, 0.15) is 0 Å². The summed E-state index contributed by atoms with van der Waals surface area (Å²) in [5, 5.41) is 0. The zero-order valence-corrected chi connectivity index (χ0v) is 19.1. The average Bonchev–Trinajstić information content (AvgIpc) is 2.93. The summed E-state index contributed by atoms with van der Waals surface area (Å²) < 4.78 is 0. The van der Waals surface area contributed by atoms with E-state index in [1.807, 2.05) is 34.6 Å². The van der Waals surface area contributed by atoms with Crippen LogP contribution in [0, 0.1) is 5.92 Å². The van der Waals surface area contributed by atoms with Gasteiger partial charge in [-0.05, 0) is 55.1 Å². The minimum absolute atomic E-state index is 0.492. The van der Waals surface area contributed by atoms with E-state index in [2.05, 4.69) is 82.5 Å². The fourth-order valence-electron chi connectivity index (χ4n) is 3.21. The standard InChI is InChI=1S/C20H24.C3H6.2C2H6/c1-5-11-16-13-9-8-10-14-18-15(4)17(7-3)19(12-6-2)20(16)18;1-3-2;2*1-2/h5,7-11,13-14,19H,3,6,12H2,1-2,4H3;3H,1H2,2H3;2*1-2H3/b9-8?,10-8-,11-5-,13-9-,14-10?,16-13?,18-14-,20-16+;;;. The van der Waals surface area contributed by atoms with Crippen LogP contribution in [0.15, 0.2) is 95.7 Å². The third-order valence-corrected chi connectivity index (χ3v) is 4.07. The molecule has 0 nitrogen and oxygen atoms in total. The van der Waals surface area contributed by atoms with Crippen molar-refractivity contribution < 1.29 is 0 Å². The lowest BCUT2D eigenvalue weighted by Crippen LogP contribution is -2.04. The molecular formula is C27H42. The summed E-state index contributed by atoms with van der Waals surface area (Å²) in [5.41, 5.74) is 6.97. The van der Waals surface area contributed by atoms with Gasteiger partial charge in [-0.25, -0.2) is 0 Å². The topological polar surface area (TPSA) is 0 Å². The third-order valence-electron chi connectivity index (χ3n) is 4.07. The number of fused-ring (bicyclic) bond motifs is 1. The molecule has 0 amide bonds. The van der Waals surface area contributed by atoms with Crippen molar-refractivity contribution in [2.45, 2.75) is 68.2 Å². The molecule has 0 heteroatoms. The van der Waals surface area contributed by atoms with Crippen molar-refractivity contribution in [1.29, 1.82) is 0 Å². The summed E-state index contributed by atoms with van der Waals surface area (Å²) in [6, 6.07) is 0. The summed E-state index contributed by atoms with van der Waals surface area (Å²) in [4.78, 5) is 0. The van der Waals surface area contributed by atoms with Gasteiger partial charge in [0.25, 0.3) is 0 Å². The summed E-state index contributed by atoms with van der Waals surface area (Å²) in [6.07, 6.45) is 21.4. The van der Waals surface area contributed by atoms with E-state index in [1.165, 1.54) is 40.7 Å². The van der Waals surface area contributed by atoms with Gasteiger partial charge in [0, 0.05) is 5.92 Å². The fraction of sp³-hybridized carbons (Fsp3) is 0.407. The number of hydrogen-bond donors (Lipinski definition) is 0. The van der Waals surface area contributed by atoms with Crippen molar-refractivity contribution in [3.8, 4) is 0 Å². The van der Waals surface area contributed by atoms with Gasteiger partial charge in [0.05, 0.1) is 0 Å². The zero-order chi connectivity index (χ0) is 21.2. The molecule has 27 heavy (non-hydrogen) atoms. The van der Waals surface area contributed by atoms with E-state index in [1.54, 1.807) is 6.08 Å². The Bertz CT molecular complexity index is 612. The maximum absolute atomic E-state index is 4.04. The highest BCUT2D eigenvalue weighted by Crippen LogP contribution is 2.46. The molecule has 0 saturated carbocycles. The predicted octanol–water partition coefficient (Wildman–Crippen LogP) is 9.09. The Hall–Kier alpha value is -2.08. The van der Waals surface area contributed by atoms with Crippen molar-refractivity contribution >= 4 is 0 Å². The molecule has 2 aliphatic rings. The van der Waals surface area contributed by atoms with Crippen LogP contribution in [0.3, 0.4) is 0 Å². The van der Waals surface area contributed by atoms with Crippen LogP contribution in [0.2, 0.25) is 0 Å². The molecule has 0 saturated heterocycles. The SMILES string of the molecule is C=CC.C=CC1=C(C)C2=C/C=C\C=C/C(/C=C\C)=C\2C1CCC.CC.CC. The van der Waals surface area contributed by atoms with Gasteiger partial charge in [0.15, 0.2) is 0 Å². The zero-order valence-electron chi connectivity index (χ0n) is 19.1. The highest BCUT2D eigenvalue weighted by molar-refractivity contribution is 5.66. The number of hydrogen-bond acceptors (Lipinski definition) is 0. The largest absolute Gasteiger partial charge is 0.103 e. The lowest BCUT2D eigenvalue weighted by Gasteiger charge is -2.17. The first-order valence-electron chi connectivity index (χ1n) is 10.5. The van der Waals surface area contributed by atoms with Gasteiger partial charge in [-0.3, -0.25) is 0 Å². The summed E-state index contributed by atoms with van der Waals surface area (Å²) >= 11 is 0. The minimum atomic E-state index is 0.492. The van der Waals surface area contributed by atoms with Crippen LogP contribution in [0.1, 0.15) is 68.2 Å². The van der Waals surface area contributed by atoms with Gasteiger partial charge >= 0.3 is 0 Å². The van der Waals surface area contributed by atoms with Crippen molar-refractivity contribution in [1.82, 2.24) is 0 Å². The Balaban J connectivity index is 0. The maximum Gasteiger partial charge on any atom is 0.0104 e. The van der Waals surface area contributed by atoms with Crippen molar-refractivity contribution in [3.05, 3.63) is 95.7 Å². The van der Waals surface area contributed by atoms with Crippen LogP contribution in [0.5, 0.6) is 0 Å². The second kappa shape index (κ2) is 17.3. The van der Waals surface area contributed by atoms with Crippen LogP contribution in [0.25, 0.3) is 0 Å². The molecule has 1 atom stereocenters. The smallest absolute Gasteiger partial charge is 0.0104 e. The summed E-state index contributed by atoms with van der Waals surface area (Å²) in [5.74, 6) is 0.492. The first-order chi connectivity index (χ1) is 13.2. The first-order valence-corrected chi connectivity index (χ1v) is 10.5. The summed E-state index contributed by atoms with van der Waals surface area (Å²) in [6.45, 7) is 23.9. The Morgan fingerprint density at radius 3 is 2.07 bits per heavy atom. The quantitative estimate of drug-likeness (QED) is 0.435. The van der Waals surface area contributed by atoms with Gasteiger partial charge in [-0.1, -0.05) is 102 Å². The van der Waals surface area contributed by atoms with Crippen molar-refractivity contribution in [2.75, 3.05) is 0 Å². The minimum Gasteiger partial charge on any atom is -0.103 e. The van der Waals surface area contributed by atoms with E-state index < -0.39 is 0 Å². The van der Waals surface area contributed by atoms with Crippen LogP contribution in [-0.4, -0.2) is 0 Å². The molecule has 0 N–H and O–H groups in total. The molecule has 150 valence electrons. The monoisotopic (exact) mass is 366 g/mol. The fourth-order valence-corrected chi connectivity index (χ4v) is 3.21. The number of allylic oxidation sites excluding steroid dienone is 14. The van der Waals surface area contributed by atoms with E-state index in [4.69, 9.17) is 0 Å². The van der Waals surface area contributed by atoms with Gasteiger partial charge in [0.2, 0.25) is 0 Å². The number of rotatable bonds is 4. The van der Waals surface area contributed by atoms with E-state index in [0.29, 0.717) is 5.92 Å². The molecule has 0 heterocycles. The second-order valence-electron chi connectivity index (χ2n) is 5.73. The molecule has 0 spiro atoms. The van der Waals surface area contributed by atoms with E-state index in [0.717, 1.165) is 0 Å². The first kappa shape index (κ1) is 27.1. The van der Waals surface area contributed by atoms with Crippen molar-refractivity contribution in [2.24, 2.45) is 5.92 Å². The molecular weight excluding hydrogens is 324 g/mol. The highest BCUT2D eigenvalue weighted by Gasteiger charge is 2.31. The predicted molar refractivity (Wildman–Crippen MR) is 128 cm³/mol. The van der Waals surface area contributed by atoms with E-state index >= 15 is 0 Å². The molecule has 0 aliphatic heterocycles. The van der Waals surface area contributed by atoms with Gasteiger partial charge in [-0.2, -0.15) is 0 Å². The molecule has 0 bridgehead atoms. The molecule has 0 fully saturated rings. The average molecular weight is 367 g/mol. The molecule has 1 unspecified atom stereocenters. The van der Waals surface area contributed by atoms with Crippen molar-refractivity contribution in [3.63, 3.8) is 0 Å². The molecule has 2 aliphatic carbocycles. The molecule has 0 aromatic carbocycles. The molecule has 2 rings (SSSR count). The highest BCUT2D eigenvalue weighted by atomic mass is 14.3. The molecule has 0 aromatic rings. The Morgan fingerprint density at radius 2 is 1.59 bits per heavy atom. The molecule has 0 radical (unpaired) electrons. The van der Waals surface area contributed by atoms with Gasteiger partial charge < -0.3 is 0 Å². The molecule has 0 aromatic heterocycles. The maximum atomic E-state index is 4.04. The lowest BCUT2D eigenvalue weighted by atomic mass is 9.86. The van der Waals surface area contributed by atoms with Crippen LogP contribution < -0.4 is 0 Å². The van der Waals surface area contributed by atoms with Crippen LogP contribution in [-0.2, 0) is 0 Å². The third kappa shape index (κ3) is 7.99. The summed E-state index contributed by atoms with van der Waals surface area (Å²) in [7, 11) is 0. The van der Waals surface area contributed by atoms with Crippen LogP contribution in [0.4, 0.5) is 0 Å². The Labute approximate surface area is 170 Å². The Kier molecular flexibility index (Phi) is 17.4. The normalized spacial score (nSPS) is 24.3. The van der Waals surface area contributed by atoms with E-state index in [9.17, 15) is 0 Å². The van der Waals surface area contributed by atoms with Crippen LogP contribution >= 0.6 is 0 Å². The van der Waals surface area contributed by atoms with E-state index in [-0.39, 0.29) is 0 Å². The Morgan fingerprint density at radius 1 is 1.00 bits per heavy atom. The lowest BCUT2D eigenvalue weighted by molar-refractivity contribution is 0.655. The van der Waals surface area contributed by atoms with Gasteiger partial charge in [-0.15, -0.1) is 6.58 Å².